The van der Waals surface area contributed by atoms with Gasteiger partial charge in [-0.2, -0.15) is 0 Å². The minimum atomic E-state index is 0.695. The Hall–Kier alpha value is -3.07. The van der Waals surface area contributed by atoms with E-state index in [0.29, 0.717) is 5.92 Å². The largest absolute Gasteiger partial charge is 0.287 e. The maximum absolute atomic E-state index is 4.84. The van der Waals surface area contributed by atoms with E-state index in [1.54, 1.807) is 0 Å². The average molecular weight is 409 g/mol. The quantitative estimate of drug-likeness (QED) is 0.369. The molecule has 3 heteroatoms. The molecule has 0 aliphatic heterocycles. The van der Waals surface area contributed by atoms with Crippen LogP contribution in [0.15, 0.2) is 55.0 Å². The van der Waals surface area contributed by atoms with Gasteiger partial charge in [-0.3, -0.25) is 4.98 Å². The van der Waals surface area contributed by atoms with Crippen LogP contribution in [0.3, 0.4) is 0 Å². The predicted octanol–water partition coefficient (Wildman–Crippen LogP) is 6.37. The first kappa shape index (κ1) is 19.9. The molecule has 0 bridgehead atoms. The van der Waals surface area contributed by atoms with E-state index < -0.39 is 0 Å². The minimum absolute atomic E-state index is 0.695. The first-order valence-electron chi connectivity index (χ1n) is 11.3. The highest BCUT2D eigenvalue weighted by atomic mass is 15.0. The van der Waals surface area contributed by atoms with Crippen molar-refractivity contribution >= 4 is 10.9 Å². The number of rotatable bonds is 3. The Kier molecular flexibility index (Phi) is 5.05. The molecule has 1 aliphatic carbocycles. The van der Waals surface area contributed by atoms with Crippen molar-refractivity contribution in [3.05, 3.63) is 77.2 Å². The molecular formula is C28H30N3+. The molecule has 0 amide bonds. The number of nitrogens with zero attached hydrogens (tertiary/aromatic N) is 3. The highest BCUT2D eigenvalue weighted by Crippen LogP contribution is 2.35. The summed E-state index contributed by atoms with van der Waals surface area (Å²) in [5.74, 6) is 0.695. The lowest BCUT2D eigenvalue weighted by Gasteiger charge is -2.13. The third-order valence-electron chi connectivity index (χ3n) is 6.95. The molecule has 0 unspecified atom stereocenters. The van der Waals surface area contributed by atoms with E-state index in [2.05, 4.69) is 86.0 Å². The molecule has 31 heavy (non-hydrogen) atoms. The van der Waals surface area contributed by atoms with E-state index in [9.17, 15) is 0 Å². The molecule has 2 aromatic carbocycles. The Morgan fingerprint density at radius 3 is 2.45 bits per heavy atom. The van der Waals surface area contributed by atoms with Crippen molar-refractivity contribution in [2.75, 3.05) is 0 Å². The Balaban J connectivity index is 1.64. The van der Waals surface area contributed by atoms with Gasteiger partial charge in [-0.25, -0.2) is 4.57 Å². The maximum atomic E-state index is 4.84. The van der Waals surface area contributed by atoms with E-state index >= 15 is 0 Å². The number of aryl methyl sites for hydroxylation is 3. The van der Waals surface area contributed by atoms with Crippen LogP contribution < -0.4 is 4.57 Å². The maximum Gasteiger partial charge on any atom is 0.287 e. The summed E-state index contributed by atoms with van der Waals surface area (Å²) in [6, 6.07) is 15.5. The fraction of sp³-hybridized carbons (Fsp3) is 0.321. The first-order chi connectivity index (χ1) is 15.0. The molecule has 0 saturated heterocycles. The fourth-order valence-corrected chi connectivity index (χ4v) is 5.09. The summed E-state index contributed by atoms with van der Waals surface area (Å²) < 4.78 is 2.14. The van der Waals surface area contributed by atoms with Crippen LogP contribution in [0.25, 0.3) is 33.4 Å². The Labute approximate surface area is 184 Å². The molecule has 4 aromatic rings. The highest BCUT2D eigenvalue weighted by Gasteiger charge is 2.20. The van der Waals surface area contributed by atoms with Gasteiger partial charge in [0.25, 0.3) is 6.33 Å². The molecule has 1 aliphatic rings. The van der Waals surface area contributed by atoms with Crippen LogP contribution in [0.1, 0.15) is 53.9 Å². The van der Waals surface area contributed by atoms with Crippen LogP contribution in [0.5, 0.6) is 0 Å². The zero-order valence-corrected chi connectivity index (χ0v) is 18.9. The van der Waals surface area contributed by atoms with Gasteiger partial charge in [-0.05, 0) is 91.5 Å². The third-order valence-corrected chi connectivity index (χ3v) is 6.95. The molecule has 156 valence electrons. The second kappa shape index (κ2) is 7.88. The fourth-order valence-electron chi connectivity index (χ4n) is 5.09. The monoisotopic (exact) mass is 408 g/mol. The summed E-state index contributed by atoms with van der Waals surface area (Å²) in [5.41, 5.74) is 11.0. The van der Waals surface area contributed by atoms with Crippen LogP contribution in [0.4, 0.5) is 0 Å². The number of aromatic nitrogens is 3. The second-order valence-corrected chi connectivity index (χ2v) is 9.15. The average Bonchev–Trinajstić information content (AvgIpc) is 3.31. The highest BCUT2D eigenvalue weighted by molar-refractivity contribution is 5.94. The van der Waals surface area contributed by atoms with E-state index in [4.69, 9.17) is 4.98 Å². The number of hydrogen-bond donors (Lipinski definition) is 0. The van der Waals surface area contributed by atoms with Crippen molar-refractivity contribution < 1.29 is 4.57 Å². The summed E-state index contributed by atoms with van der Waals surface area (Å²) >= 11 is 0. The van der Waals surface area contributed by atoms with E-state index in [0.717, 1.165) is 22.2 Å². The topological polar surface area (TPSA) is 29.7 Å². The van der Waals surface area contributed by atoms with E-state index in [-0.39, 0.29) is 0 Å². The molecular weight excluding hydrogens is 378 g/mol. The number of pyridine rings is 1. The van der Waals surface area contributed by atoms with Gasteiger partial charge < -0.3 is 0 Å². The first-order valence-corrected chi connectivity index (χ1v) is 11.3. The van der Waals surface area contributed by atoms with Gasteiger partial charge in [0.05, 0.1) is 18.1 Å². The minimum Gasteiger partial charge on any atom is -0.256 e. The van der Waals surface area contributed by atoms with Gasteiger partial charge >= 0.3 is 0 Å². The normalized spacial score (nSPS) is 14.5. The van der Waals surface area contributed by atoms with Crippen molar-refractivity contribution in [3.63, 3.8) is 0 Å². The van der Waals surface area contributed by atoms with Gasteiger partial charge in [-0.1, -0.05) is 30.5 Å². The Bertz CT molecular complexity index is 1270. The molecule has 1 saturated carbocycles. The predicted molar refractivity (Wildman–Crippen MR) is 127 cm³/mol. The van der Waals surface area contributed by atoms with E-state index in [1.807, 2.05) is 6.33 Å². The molecule has 2 heterocycles. The molecule has 2 aromatic heterocycles. The van der Waals surface area contributed by atoms with Crippen LogP contribution in [-0.2, 0) is 7.05 Å². The molecule has 0 radical (unpaired) electrons. The van der Waals surface area contributed by atoms with Gasteiger partial charge in [0.2, 0.25) is 0 Å². The summed E-state index contributed by atoms with van der Waals surface area (Å²) in [4.78, 5) is 9.53. The molecule has 0 spiro atoms. The molecule has 1 fully saturated rings. The van der Waals surface area contributed by atoms with Crippen LogP contribution in [0, 0.1) is 20.8 Å². The Morgan fingerprint density at radius 2 is 1.71 bits per heavy atom. The molecule has 5 rings (SSSR count). The van der Waals surface area contributed by atoms with Crippen molar-refractivity contribution in [1.29, 1.82) is 0 Å². The molecule has 0 atom stereocenters. The summed E-state index contributed by atoms with van der Waals surface area (Å²) in [6.07, 6.45) is 9.32. The Morgan fingerprint density at radius 1 is 0.903 bits per heavy atom. The lowest BCUT2D eigenvalue weighted by atomic mass is 9.94. The van der Waals surface area contributed by atoms with E-state index in [1.165, 1.54) is 59.2 Å². The SMILES string of the molecule is Cc1cc(C)c(C)c(-c2c3cc(-c4ccc(C5CCCC5)cn4)ccc3nc[n+]2C)c1. The van der Waals surface area contributed by atoms with Crippen molar-refractivity contribution in [2.24, 2.45) is 7.05 Å². The van der Waals surface area contributed by atoms with Crippen molar-refractivity contribution in [2.45, 2.75) is 52.4 Å². The lowest BCUT2D eigenvalue weighted by molar-refractivity contribution is -0.662. The zero-order valence-electron chi connectivity index (χ0n) is 18.9. The van der Waals surface area contributed by atoms with Gasteiger partial charge in [-0.15, -0.1) is 0 Å². The summed E-state index contributed by atoms with van der Waals surface area (Å²) in [5, 5.41) is 1.16. The van der Waals surface area contributed by atoms with Crippen LogP contribution in [-0.4, -0.2) is 9.97 Å². The van der Waals surface area contributed by atoms with Crippen LogP contribution >= 0.6 is 0 Å². The lowest BCUT2D eigenvalue weighted by Crippen LogP contribution is -2.32. The van der Waals surface area contributed by atoms with Crippen molar-refractivity contribution in [1.82, 2.24) is 9.97 Å². The summed E-state index contributed by atoms with van der Waals surface area (Å²) in [6.45, 7) is 6.57. The van der Waals surface area contributed by atoms with Crippen LogP contribution in [0.2, 0.25) is 0 Å². The molecule has 0 N–H and O–H groups in total. The number of benzene rings is 2. The standard InChI is InChI=1S/C28H30N3/c1-18-13-19(2)20(3)24(14-18)28-25-15-22(9-12-27(25)30-17-31(28)4)26-11-10-23(16-29-26)21-7-5-6-8-21/h9-17,21H,5-8H2,1-4H3/q+1. The van der Waals surface area contributed by atoms with Crippen molar-refractivity contribution in [3.8, 4) is 22.5 Å². The zero-order chi connectivity index (χ0) is 21.5. The summed E-state index contributed by atoms with van der Waals surface area (Å²) in [7, 11) is 2.08. The van der Waals surface area contributed by atoms with Gasteiger partial charge in [0.1, 0.15) is 5.69 Å². The smallest absolute Gasteiger partial charge is 0.256 e. The van der Waals surface area contributed by atoms with Gasteiger partial charge in [0, 0.05) is 17.3 Å². The number of hydrogen-bond acceptors (Lipinski definition) is 2. The second-order valence-electron chi connectivity index (χ2n) is 9.15. The molecule has 3 nitrogen and oxygen atoms in total. The third kappa shape index (κ3) is 3.63. The van der Waals surface area contributed by atoms with Gasteiger partial charge in [0.15, 0.2) is 5.52 Å². The number of fused-ring (bicyclic) bond motifs is 1.